The lowest BCUT2D eigenvalue weighted by Crippen LogP contribution is -2.38. The molecule has 4 rings (SSSR count). The third kappa shape index (κ3) is 3.13. The lowest BCUT2D eigenvalue weighted by Gasteiger charge is -2.23. The van der Waals surface area contributed by atoms with Crippen molar-refractivity contribution < 1.29 is 12.8 Å². The van der Waals surface area contributed by atoms with Crippen LogP contribution >= 0.6 is 11.6 Å². The van der Waals surface area contributed by atoms with Crippen LogP contribution in [0.5, 0.6) is 0 Å². The largest absolute Gasteiger partial charge is 0.358 e. The van der Waals surface area contributed by atoms with Gasteiger partial charge in [-0.15, -0.1) is 0 Å². The van der Waals surface area contributed by atoms with E-state index in [9.17, 15) is 12.8 Å². The molecule has 1 heterocycles. The fourth-order valence-corrected chi connectivity index (χ4v) is 5.03. The van der Waals surface area contributed by atoms with E-state index in [1.165, 1.54) is 18.2 Å². The van der Waals surface area contributed by atoms with E-state index in [4.69, 9.17) is 11.6 Å². The molecule has 0 spiro atoms. The summed E-state index contributed by atoms with van der Waals surface area (Å²) in [5.41, 5.74) is 3.65. The van der Waals surface area contributed by atoms with Crippen molar-refractivity contribution in [3.05, 3.63) is 64.1 Å². The van der Waals surface area contributed by atoms with E-state index in [0.717, 1.165) is 28.6 Å². The first-order valence-corrected chi connectivity index (χ1v) is 10.3. The number of hydrogen-bond donors (Lipinski definition) is 2. The predicted molar refractivity (Wildman–Crippen MR) is 101 cm³/mol. The lowest BCUT2D eigenvalue weighted by molar-refractivity contribution is 0.506. The summed E-state index contributed by atoms with van der Waals surface area (Å²) in [6.45, 7) is 1.77. The Hall–Kier alpha value is -1.89. The number of hydrogen-bond acceptors (Lipinski definition) is 2. The minimum absolute atomic E-state index is 0.204. The Balaban J connectivity index is 1.61. The van der Waals surface area contributed by atoms with Crippen LogP contribution in [-0.4, -0.2) is 19.4 Å². The summed E-state index contributed by atoms with van der Waals surface area (Å²) in [4.78, 5) is 3.52. The highest BCUT2D eigenvalue weighted by Crippen LogP contribution is 2.30. The molecule has 0 saturated heterocycles. The Morgan fingerprint density at radius 1 is 1.23 bits per heavy atom. The molecule has 0 aliphatic heterocycles. The van der Waals surface area contributed by atoms with Gasteiger partial charge in [0.1, 0.15) is 5.82 Å². The number of aryl methyl sites for hydroxylation is 2. The zero-order valence-corrected chi connectivity index (χ0v) is 15.7. The van der Waals surface area contributed by atoms with Crippen molar-refractivity contribution in [3.8, 4) is 0 Å². The Kier molecular flexibility index (Phi) is 4.29. The van der Waals surface area contributed by atoms with Crippen molar-refractivity contribution in [2.45, 2.75) is 37.1 Å². The summed E-state index contributed by atoms with van der Waals surface area (Å²) in [5, 5.41) is 1.36. The number of rotatable bonds is 3. The number of H-pyrrole nitrogens is 1. The van der Waals surface area contributed by atoms with Crippen LogP contribution < -0.4 is 4.72 Å². The van der Waals surface area contributed by atoms with Crippen molar-refractivity contribution in [2.24, 2.45) is 0 Å². The average molecular weight is 393 g/mol. The Morgan fingerprint density at radius 3 is 2.81 bits per heavy atom. The number of nitrogens with one attached hydrogen (secondary N) is 2. The summed E-state index contributed by atoms with van der Waals surface area (Å²) in [5.74, 6) is -0.293. The summed E-state index contributed by atoms with van der Waals surface area (Å²) in [6, 6.07) is 9.08. The van der Waals surface area contributed by atoms with Crippen LogP contribution in [0.2, 0.25) is 5.02 Å². The van der Waals surface area contributed by atoms with Gasteiger partial charge in [-0.05, 0) is 73.7 Å². The molecule has 1 aromatic heterocycles. The lowest BCUT2D eigenvalue weighted by atomic mass is 9.92. The second-order valence-corrected chi connectivity index (χ2v) is 8.87. The third-order valence-electron chi connectivity index (χ3n) is 4.91. The monoisotopic (exact) mass is 392 g/mol. The minimum atomic E-state index is -3.64. The normalized spacial score (nSPS) is 17.4. The Bertz CT molecular complexity index is 1110. The highest BCUT2D eigenvalue weighted by Gasteiger charge is 2.27. The van der Waals surface area contributed by atoms with Crippen molar-refractivity contribution in [1.82, 2.24) is 9.71 Å². The molecule has 1 atom stereocenters. The van der Waals surface area contributed by atoms with Gasteiger partial charge in [0.2, 0.25) is 10.0 Å². The van der Waals surface area contributed by atoms with Crippen LogP contribution in [-0.2, 0) is 22.9 Å². The van der Waals surface area contributed by atoms with Crippen LogP contribution in [0.4, 0.5) is 4.39 Å². The molecule has 2 aromatic carbocycles. The highest BCUT2D eigenvalue weighted by atomic mass is 35.5. The molecule has 1 aliphatic carbocycles. The van der Waals surface area contributed by atoms with Gasteiger partial charge < -0.3 is 4.98 Å². The standard InChI is InChI=1S/C19H18ClFN2O2S/c1-11-8-14(4-5-17(11)20)26(24,25)23-13-3-7-19-16(10-13)15-9-12(21)2-6-18(15)22-19/h2,4-6,8-9,13,22-23H,3,7,10H2,1H3. The van der Waals surface area contributed by atoms with E-state index in [0.29, 0.717) is 23.4 Å². The quantitative estimate of drug-likeness (QED) is 0.704. The second-order valence-electron chi connectivity index (χ2n) is 6.74. The van der Waals surface area contributed by atoms with E-state index < -0.39 is 10.0 Å². The third-order valence-corrected chi connectivity index (χ3v) is 6.85. The number of aromatic nitrogens is 1. The van der Waals surface area contributed by atoms with Gasteiger partial charge in [-0.25, -0.2) is 17.5 Å². The summed E-state index contributed by atoms with van der Waals surface area (Å²) in [7, 11) is -3.64. The number of fused-ring (bicyclic) bond motifs is 3. The van der Waals surface area contributed by atoms with Gasteiger partial charge in [0.15, 0.2) is 0 Å². The number of halogens is 2. The molecule has 2 N–H and O–H groups in total. The Morgan fingerprint density at radius 2 is 2.04 bits per heavy atom. The maximum atomic E-state index is 13.6. The zero-order chi connectivity index (χ0) is 18.5. The first kappa shape index (κ1) is 17.5. The topological polar surface area (TPSA) is 62.0 Å². The van der Waals surface area contributed by atoms with Crippen molar-refractivity contribution >= 4 is 32.5 Å². The molecule has 1 unspecified atom stereocenters. The van der Waals surface area contributed by atoms with Crippen molar-refractivity contribution in [3.63, 3.8) is 0 Å². The van der Waals surface area contributed by atoms with Crippen LogP contribution in [0.15, 0.2) is 41.3 Å². The molecular weight excluding hydrogens is 375 g/mol. The van der Waals surface area contributed by atoms with E-state index in [1.54, 1.807) is 25.1 Å². The molecule has 0 amide bonds. The maximum absolute atomic E-state index is 13.6. The SMILES string of the molecule is Cc1cc(S(=O)(=O)NC2CCc3[nH]c4ccc(F)cc4c3C2)ccc1Cl. The van der Waals surface area contributed by atoms with E-state index in [-0.39, 0.29) is 16.8 Å². The van der Waals surface area contributed by atoms with Crippen LogP contribution in [0, 0.1) is 12.7 Å². The first-order chi connectivity index (χ1) is 12.3. The molecular formula is C19H18ClFN2O2S. The summed E-state index contributed by atoms with van der Waals surface area (Å²) < 4.78 is 41.8. The number of aromatic amines is 1. The van der Waals surface area contributed by atoms with Gasteiger partial charge in [0, 0.05) is 27.7 Å². The maximum Gasteiger partial charge on any atom is 0.240 e. The predicted octanol–water partition coefficient (Wildman–Crippen LogP) is 4.10. The first-order valence-electron chi connectivity index (χ1n) is 8.41. The van der Waals surface area contributed by atoms with E-state index >= 15 is 0 Å². The highest BCUT2D eigenvalue weighted by molar-refractivity contribution is 7.89. The van der Waals surface area contributed by atoms with Crippen molar-refractivity contribution in [2.75, 3.05) is 0 Å². The van der Waals surface area contributed by atoms with Crippen LogP contribution in [0.1, 0.15) is 23.2 Å². The smallest absolute Gasteiger partial charge is 0.240 e. The van der Waals surface area contributed by atoms with Gasteiger partial charge in [-0.3, -0.25) is 0 Å². The molecule has 7 heteroatoms. The van der Waals surface area contributed by atoms with Crippen LogP contribution in [0.25, 0.3) is 10.9 Å². The minimum Gasteiger partial charge on any atom is -0.358 e. The van der Waals surface area contributed by atoms with Crippen LogP contribution in [0.3, 0.4) is 0 Å². The fourth-order valence-electron chi connectivity index (χ4n) is 3.56. The molecule has 0 radical (unpaired) electrons. The van der Waals surface area contributed by atoms with Crippen molar-refractivity contribution in [1.29, 1.82) is 0 Å². The average Bonchev–Trinajstić information content (AvgIpc) is 2.94. The van der Waals surface area contributed by atoms with Gasteiger partial charge >= 0.3 is 0 Å². The Labute approximate surface area is 156 Å². The number of benzene rings is 2. The van der Waals surface area contributed by atoms with E-state index in [2.05, 4.69) is 9.71 Å². The number of sulfonamides is 1. The van der Waals surface area contributed by atoms with Gasteiger partial charge in [-0.2, -0.15) is 0 Å². The molecule has 0 fully saturated rings. The molecule has 3 aromatic rings. The molecule has 1 aliphatic rings. The molecule has 26 heavy (non-hydrogen) atoms. The zero-order valence-electron chi connectivity index (χ0n) is 14.1. The van der Waals surface area contributed by atoms with Gasteiger partial charge in [0.05, 0.1) is 4.90 Å². The molecule has 136 valence electrons. The van der Waals surface area contributed by atoms with Gasteiger partial charge in [0.25, 0.3) is 0 Å². The summed E-state index contributed by atoms with van der Waals surface area (Å²) >= 11 is 5.99. The summed E-state index contributed by atoms with van der Waals surface area (Å²) in [6.07, 6.45) is 1.94. The van der Waals surface area contributed by atoms with Gasteiger partial charge in [-0.1, -0.05) is 11.6 Å². The molecule has 0 saturated carbocycles. The van der Waals surface area contributed by atoms with E-state index in [1.807, 2.05) is 0 Å². The molecule has 0 bridgehead atoms. The molecule has 4 nitrogen and oxygen atoms in total. The fraction of sp³-hybridized carbons (Fsp3) is 0.263. The second kappa shape index (κ2) is 6.37.